The number of nitrogens with two attached hydrogens (primary N) is 1. The van der Waals surface area contributed by atoms with Crippen LogP contribution < -0.4 is 5.73 Å². The molecule has 0 saturated heterocycles. The first-order chi connectivity index (χ1) is 9.45. The molecule has 0 spiro atoms. The van der Waals surface area contributed by atoms with Gasteiger partial charge < -0.3 is 5.73 Å². The molecule has 1 aromatic carbocycles. The summed E-state index contributed by atoms with van der Waals surface area (Å²) < 4.78 is 2.68. The summed E-state index contributed by atoms with van der Waals surface area (Å²) in [6.45, 7) is 6.69. The molecule has 0 radical (unpaired) electrons. The van der Waals surface area contributed by atoms with Crippen molar-refractivity contribution in [1.82, 2.24) is 0 Å². The van der Waals surface area contributed by atoms with Gasteiger partial charge in [-0.05, 0) is 34.1 Å². The van der Waals surface area contributed by atoms with Crippen molar-refractivity contribution in [3.05, 3.63) is 57.8 Å². The summed E-state index contributed by atoms with van der Waals surface area (Å²) in [4.78, 5) is 1.25. The molecule has 0 fully saturated rings. The van der Waals surface area contributed by atoms with E-state index in [-0.39, 0.29) is 11.5 Å². The fourth-order valence-electron chi connectivity index (χ4n) is 2.29. The largest absolute Gasteiger partial charge is 0.320 e. The van der Waals surface area contributed by atoms with Crippen LogP contribution >= 0.6 is 22.7 Å². The van der Waals surface area contributed by atoms with Crippen molar-refractivity contribution < 1.29 is 0 Å². The Kier molecular flexibility index (Phi) is 3.44. The van der Waals surface area contributed by atoms with Gasteiger partial charge >= 0.3 is 0 Å². The summed E-state index contributed by atoms with van der Waals surface area (Å²) in [5.74, 6) is 0. The maximum absolute atomic E-state index is 6.41. The van der Waals surface area contributed by atoms with Crippen LogP contribution in [0.3, 0.4) is 0 Å². The molecule has 2 aromatic heterocycles. The third-order valence-electron chi connectivity index (χ3n) is 3.60. The average molecular weight is 301 g/mol. The highest BCUT2D eigenvalue weighted by Crippen LogP contribution is 2.35. The number of benzene rings is 1. The number of hydrogen-bond donors (Lipinski definition) is 1. The van der Waals surface area contributed by atoms with Crippen LogP contribution in [0.4, 0.5) is 0 Å². The maximum atomic E-state index is 6.41. The van der Waals surface area contributed by atoms with Crippen LogP contribution in [0, 0.1) is 0 Å². The van der Waals surface area contributed by atoms with Crippen molar-refractivity contribution in [3.8, 4) is 0 Å². The van der Waals surface area contributed by atoms with Crippen molar-refractivity contribution in [2.45, 2.75) is 32.2 Å². The summed E-state index contributed by atoms with van der Waals surface area (Å²) in [5, 5.41) is 2.13. The fourth-order valence-corrected chi connectivity index (χ4v) is 4.44. The van der Waals surface area contributed by atoms with E-state index in [0.29, 0.717) is 0 Å². The van der Waals surface area contributed by atoms with E-state index in [1.54, 1.807) is 22.7 Å². The van der Waals surface area contributed by atoms with Gasteiger partial charge in [0.1, 0.15) is 0 Å². The zero-order valence-electron chi connectivity index (χ0n) is 12.0. The monoisotopic (exact) mass is 301 g/mol. The van der Waals surface area contributed by atoms with Crippen LogP contribution in [0.1, 0.15) is 42.8 Å². The van der Waals surface area contributed by atoms with E-state index in [9.17, 15) is 0 Å². The van der Waals surface area contributed by atoms with E-state index in [4.69, 9.17) is 5.73 Å². The van der Waals surface area contributed by atoms with E-state index in [1.165, 1.54) is 25.4 Å². The highest BCUT2D eigenvalue weighted by atomic mass is 32.1. The minimum absolute atomic E-state index is 0.0198. The third kappa shape index (κ3) is 2.53. The Hall–Kier alpha value is -1.16. The standard InChI is InChI=1S/C17H19NS2/c1-17(2,3)12-6-4-11(5-7-12)16(18)15-10-14-13(20-15)8-9-19-14/h4-10,16H,18H2,1-3H3. The molecule has 3 rings (SSSR count). The normalized spacial score (nSPS) is 13.8. The van der Waals surface area contributed by atoms with Gasteiger partial charge in [-0.3, -0.25) is 0 Å². The van der Waals surface area contributed by atoms with E-state index < -0.39 is 0 Å². The first-order valence-corrected chi connectivity index (χ1v) is 8.48. The molecule has 0 saturated carbocycles. The highest BCUT2D eigenvalue weighted by molar-refractivity contribution is 7.27. The second-order valence-corrected chi connectivity index (χ2v) is 8.21. The quantitative estimate of drug-likeness (QED) is 0.682. The van der Waals surface area contributed by atoms with Crippen LogP contribution in [0.25, 0.3) is 9.40 Å². The lowest BCUT2D eigenvalue weighted by atomic mass is 9.86. The maximum Gasteiger partial charge on any atom is 0.0646 e. The van der Waals surface area contributed by atoms with Gasteiger partial charge in [0.25, 0.3) is 0 Å². The van der Waals surface area contributed by atoms with Gasteiger partial charge in [0, 0.05) is 14.3 Å². The number of fused-ring (bicyclic) bond motifs is 1. The Morgan fingerprint density at radius 1 is 1.00 bits per heavy atom. The molecule has 1 atom stereocenters. The van der Waals surface area contributed by atoms with Crippen LogP contribution in [-0.4, -0.2) is 0 Å². The number of thiophene rings is 2. The van der Waals surface area contributed by atoms with Gasteiger partial charge in [0.2, 0.25) is 0 Å². The summed E-state index contributed by atoms with van der Waals surface area (Å²) in [7, 11) is 0. The highest BCUT2D eigenvalue weighted by Gasteiger charge is 2.16. The zero-order chi connectivity index (χ0) is 14.3. The van der Waals surface area contributed by atoms with Crippen molar-refractivity contribution >= 4 is 32.1 Å². The lowest BCUT2D eigenvalue weighted by molar-refractivity contribution is 0.590. The van der Waals surface area contributed by atoms with Crippen molar-refractivity contribution in [2.24, 2.45) is 5.73 Å². The van der Waals surface area contributed by atoms with Gasteiger partial charge in [-0.2, -0.15) is 0 Å². The molecule has 2 N–H and O–H groups in total. The minimum Gasteiger partial charge on any atom is -0.320 e. The molecular weight excluding hydrogens is 282 g/mol. The second kappa shape index (κ2) is 4.99. The number of hydrogen-bond acceptors (Lipinski definition) is 3. The Morgan fingerprint density at radius 3 is 2.30 bits per heavy atom. The average Bonchev–Trinajstić information content (AvgIpc) is 2.97. The molecular formula is C17H19NS2. The first kappa shape index (κ1) is 13.8. The molecule has 0 aliphatic heterocycles. The Labute approximate surface area is 128 Å². The van der Waals surface area contributed by atoms with Gasteiger partial charge in [-0.25, -0.2) is 0 Å². The van der Waals surface area contributed by atoms with Crippen LogP contribution in [0.15, 0.2) is 41.8 Å². The molecule has 0 amide bonds. The van der Waals surface area contributed by atoms with Gasteiger partial charge in [0.05, 0.1) is 6.04 Å². The van der Waals surface area contributed by atoms with Crippen molar-refractivity contribution in [1.29, 1.82) is 0 Å². The van der Waals surface area contributed by atoms with Gasteiger partial charge in [-0.1, -0.05) is 45.0 Å². The van der Waals surface area contributed by atoms with Crippen LogP contribution in [0.5, 0.6) is 0 Å². The molecule has 1 unspecified atom stereocenters. The molecule has 3 heteroatoms. The molecule has 20 heavy (non-hydrogen) atoms. The molecule has 0 bridgehead atoms. The molecule has 0 aliphatic rings. The Bertz CT molecular complexity index is 685. The van der Waals surface area contributed by atoms with Gasteiger partial charge in [0.15, 0.2) is 0 Å². The summed E-state index contributed by atoms with van der Waals surface area (Å²) in [6, 6.07) is 13.1. The smallest absolute Gasteiger partial charge is 0.0646 e. The number of rotatable bonds is 2. The van der Waals surface area contributed by atoms with E-state index >= 15 is 0 Å². The third-order valence-corrected chi connectivity index (χ3v) is 5.78. The lowest BCUT2D eigenvalue weighted by Crippen LogP contribution is -2.13. The summed E-state index contributed by atoms with van der Waals surface area (Å²) in [6.07, 6.45) is 0. The van der Waals surface area contributed by atoms with Crippen molar-refractivity contribution in [3.63, 3.8) is 0 Å². The van der Waals surface area contributed by atoms with Crippen molar-refractivity contribution in [2.75, 3.05) is 0 Å². The molecule has 0 aliphatic carbocycles. The summed E-state index contributed by atoms with van der Waals surface area (Å²) >= 11 is 3.58. The topological polar surface area (TPSA) is 26.0 Å². The predicted molar refractivity (Wildman–Crippen MR) is 90.9 cm³/mol. The lowest BCUT2D eigenvalue weighted by Gasteiger charge is -2.20. The second-order valence-electron chi connectivity index (χ2n) is 6.15. The van der Waals surface area contributed by atoms with Crippen LogP contribution in [0.2, 0.25) is 0 Å². The van der Waals surface area contributed by atoms with E-state index in [1.807, 2.05) is 0 Å². The first-order valence-electron chi connectivity index (χ1n) is 6.78. The Morgan fingerprint density at radius 2 is 1.70 bits per heavy atom. The van der Waals surface area contributed by atoms with E-state index in [2.05, 4.69) is 62.5 Å². The molecule has 1 nitrogen and oxygen atoms in total. The predicted octanol–water partition coefficient (Wildman–Crippen LogP) is 5.31. The molecule has 104 valence electrons. The molecule has 2 heterocycles. The van der Waals surface area contributed by atoms with Crippen LogP contribution in [-0.2, 0) is 5.41 Å². The fraction of sp³-hybridized carbons (Fsp3) is 0.294. The summed E-state index contributed by atoms with van der Waals surface area (Å²) in [5.41, 5.74) is 9.14. The van der Waals surface area contributed by atoms with Gasteiger partial charge in [-0.15, -0.1) is 22.7 Å². The minimum atomic E-state index is -0.0198. The zero-order valence-corrected chi connectivity index (χ0v) is 13.6. The van der Waals surface area contributed by atoms with E-state index in [0.717, 1.165) is 0 Å². The Balaban J connectivity index is 1.90. The molecule has 3 aromatic rings. The SMILES string of the molecule is CC(C)(C)c1ccc(C(N)c2cc3sccc3s2)cc1.